The Morgan fingerprint density at radius 1 is 1.60 bits per heavy atom. The van der Waals surface area contributed by atoms with Crippen molar-refractivity contribution in [2.24, 2.45) is 11.8 Å². The molecule has 1 saturated heterocycles. The number of hydrogen-bond acceptors (Lipinski definition) is 3. The minimum Gasteiger partial charge on any atom is -0.481 e. The number of carboxylic acids is 1. The molecule has 0 bridgehead atoms. The molecule has 3 N–H and O–H groups in total. The Bertz CT molecular complexity index is 232. The van der Waals surface area contributed by atoms with E-state index in [2.05, 4.69) is 5.32 Å². The van der Waals surface area contributed by atoms with Crippen LogP contribution in [0, 0.1) is 11.8 Å². The lowest BCUT2D eigenvalue weighted by Crippen LogP contribution is -2.56. The number of carboxylic acid groups (broad SMARTS) is 1. The highest BCUT2D eigenvalue weighted by molar-refractivity contribution is 5.71. The van der Waals surface area contributed by atoms with Crippen molar-refractivity contribution in [2.45, 2.75) is 38.7 Å². The van der Waals surface area contributed by atoms with Crippen molar-refractivity contribution in [3.63, 3.8) is 0 Å². The van der Waals surface area contributed by atoms with Gasteiger partial charge in [-0.3, -0.25) is 4.79 Å². The van der Waals surface area contributed by atoms with Gasteiger partial charge in [0.05, 0.1) is 11.5 Å². The van der Waals surface area contributed by atoms with Crippen LogP contribution in [0.25, 0.3) is 0 Å². The van der Waals surface area contributed by atoms with Gasteiger partial charge in [-0.05, 0) is 25.8 Å². The minimum absolute atomic E-state index is 0.0484. The van der Waals surface area contributed by atoms with Crippen molar-refractivity contribution in [3.8, 4) is 0 Å². The van der Waals surface area contributed by atoms with Crippen molar-refractivity contribution in [3.05, 3.63) is 0 Å². The summed E-state index contributed by atoms with van der Waals surface area (Å²) in [5.41, 5.74) is -1.03. The molecule has 1 aliphatic heterocycles. The zero-order chi connectivity index (χ0) is 11.5. The third-order valence-electron chi connectivity index (χ3n) is 3.60. The molecule has 1 rings (SSSR count). The molecule has 3 unspecified atom stereocenters. The maximum atomic E-state index is 11.1. The fourth-order valence-corrected chi connectivity index (χ4v) is 2.64. The topological polar surface area (TPSA) is 69.6 Å². The smallest absolute Gasteiger partial charge is 0.309 e. The minimum atomic E-state index is -1.03. The van der Waals surface area contributed by atoms with E-state index in [0.717, 1.165) is 13.0 Å². The summed E-state index contributed by atoms with van der Waals surface area (Å²) in [6, 6.07) is 0. The number of nitrogens with one attached hydrogen (secondary N) is 1. The third kappa shape index (κ3) is 2.32. The standard InChI is InChI=1S/C11H21NO3/c1-3-8-7-12-6-5-11(8,15)9(4-2)10(13)14/h8-9,12,15H,3-7H2,1-2H3,(H,13,14). The molecular formula is C11H21NO3. The third-order valence-corrected chi connectivity index (χ3v) is 3.60. The van der Waals surface area contributed by atoms with Crippen LogP contribution in [0.3, 0.4) is 0 Å². The van der Waals surface area contributed by atoms with Crippen molar-refractivity contribution in [2.75, 3.05) is 13.1 Å². The summed E-state index contributed by atoms with van der Waals surface area (Å²) >= 11 is 0. The number of hydrogen-bond donors (Lipinski definition) is 3. The Labute approximate surface area is 90.7 Å². The Hall–Kier alpha value is -0.610. The lowest BCUT2D eigenvalue weighted by atomic mass is 9.70. The molecule has 88 valence electrons. The molecule has 15 heavy (non-hydrogen) atoms. The van der Waals surface area contributed by atoms with E-state index in [-0.39, 0.29) is 5.92 Å². The average Bonchev–Trinajstić information content (AvgIpc) is 2.18. The van der Waals surface area contributed by atoms with Gasteiger partial charge in [0.25, 0.3) is 0 Å². The van der Waals surface area contributed by atoms with E-state index in [1.54, 1.807) is 0 Å². The van der Waals surface area contributed by atoms with Crippen LogP contribution in [0.1, 0.15) is 33.1 Å². The SMILES string of the molecule is CCC1CNCCC1(O)C(CC)C(=O)O. The fourth-order valence-electron chi connectivity index (χ4n) is 2.64. The van der Waals surface area contributed by atoms with Gasteiger partial charge in [0.15, 0.2) is 0 Å². The van der Waals surface area contributed by atoms with Gasteiger partial charge >= 0.3 is 5.97 Å². The summed E-state index contributed by atoms with van der Waals surface area (Å²) < 4.78 is 0. The van der Waals surface area contributed by atoms with Crippen molar-refractivity contribution in [1.29, 1.82) is 0 Å². The summed E-state index contributed by atoms with van der Waals surface area (Å²) in [4.78, 5) is 11.1. The van der Waals surface area contributed by atoms with Crippen LogP contribution >= 0.6 is 0 Å². The number of aliphatic hydroxyl groups is 1. The summed E-state index contributed by atoms with van der Waals surface area (Å²) in [5.74, 6) is -1.46. The van der Waals surface area contributed by atoms with E-state index in [9.17, 15) is 9.90 Å². The zero-order valence-corrected chi connectivity index (χ0v) is 9.49. The highest BCUT2D eigenvalue weighted by Gasteiger charge is 2.46. The second-order valence-corrected chi connectivity index (χ2v) is 4.35. The summed E-state index contributed by atoms with van der Waals surface area (Å²) in [6.07, 6.45) is 1.84. The maximum Gasteiger partial charge on any atom is 0.309 e. The zero-order valence-electron chi connectivity index (χ0n) is 9.49. The second-order valence-electron chi connectivity index (χ2n) is 4.35. The lowest BCUT2D eigenvalue weighted by molar-refractivity contribution is -0.160. The van der Waals surface area contributed by atoms with Crippen molar-refractivity contribution >= 4 is 5.97 Å². The first-order valence-electron chi connectivity index (χ1n) is 5.72. The second kappa shape index (κ2) is 4.94. The van der Waals surface area contributed by atoms with E-state index in [4.69, 9.17) is 5.11 Å². The van der Waals surface area contributed by atoms with Gasteiger partial charge < -0.3 is 15.5 Å². The molecule has 4 heteroatoms. The molecule has 1 fully saturated rings. The van der Waals surface area contributed by atoms with Crippen LogP contribution in [0.4, 0.5) is 0 Å². The summed E-state index contributed by atoms with van der Waals surface area (Å²) in [7, 11) is 0. The van der Waals surface area contributed by atoms with E-state index in [1.165, 1.54) is 0 Å². The van der Waals surface area contributed by atoms with Gasteiger partial charge in [0, 0.05) is 12.5 Å². The molecule has 0 aromatic carbocycles. The van der Waals surface area contributed by atoms with Gasteiger partial charge in [0.1, 0.15) is 0 Å². The number of carbonyl (C=O) groups is 1. The number of rotatable bonds is 4. The number of aliphatic carboxylic acids is 1. The molecule has 0 amide bonds. The van der Waals surface area contributed by atoms with Crippen LogP contribution in [0.15, 0.2) is 0 Å². The quantitative estimate of drug-likeness (QED) is 0.650. The molecule has 4 nitrogen and oxygen atoms in total. The largest absolute Gasteiger partial charge is 0.481 e. The predicted octanol–water partition coefficient (Wildman–Crippen LogP) is 0.848. The molecule has 0 radical (unpaired) electrons. The maximum absolute atomic E-state index is 11.1. The van der Waals surface area contributed by atoms with Gasteiger partial charge in [0.2, 0.25) is 0 Å². The molecule has 0 aliphatic carbocycles. The Morgan fingerprint density at radius 2 is 2.27 bits per heavy atom. The molecule has 0 aromatic rings. The molecule has 0 aromatic heterocycles. The highest BCUT2D eigenvalue weighted by Crippen LogP contribution is 2.35. The van der Waals surface area contributed by atoms with E-state index < -0.39 is 17.5 Å². The molecule has 1 aliphatic rings. The predicted molar refractivity (Wildman–Crippen MR) is 57.6 cm³/mol. The van der Waals surface area contributed by atoms with Gasteiger partial charge in [-0.15, -0.1) is 0 Å². The van der Waals surface area contributed by atoms with Crippen molar-refractivity contribution in [1.82, 2.24) is 5.32 Å². The fraction of sp³-hybridized carbons (Fsp3) is 0.909. The Balaban J connectivity index is 2.88. The molecular weight excluding hydrogens is 194 g/mol. The Kier molecular flexibility index (Phi) is 4.11. The van der Waals surface area contributed by atoms with E-state index >= 15 is 0 Å². The first kappa shape index (κ1) is 12.5. The first-order chi connectivity index (χ1) is 7.06. The monoisotopic (exact) mass is 215 g/mol. The average molecular weight is 215 g/mol. The highest BCUT2D eigenvalue weighted by atomic mass is 16.4. The van der Waals surface area contributed by atoms with Gasteiger partial charge in [-0.2, -0.15) is 0 Å². The van der Waals surface area contributed by atoms with Crippen LogP contribution in [-0.4, -0.2) is 34.9 Å². The van der Waals surface area contributed by atoms with E-state index in [0.29, 0.717) is 19.4 Å². The van der Waals surface area contributed by atoms with Crippen molar-refractivity contribution < 1.29 is 15.0 Å². The van der Waals surface area contributed by atoms with Gasteiger partial charge in [-0.1, -0.05) is 13.8 Å². The van der Waals surface area contributed by atoms with Gasteiger partial charge in [-0.25, -0.2) is 0 Å². The normalized spacial score (nSPS) is 33.7. The number of piperidine rings is 1. The molecule has 0 saturated carbocycles. The molecule has 0 spiro atoms. The van der Waals surface area contributed by atoms with Crippen LogP contribution in [0.2, 0.25) is 0 Å². The summed E-state index contributed by atoms with van der Waals surface area (Å²) in [6.45, 7) is 5.25. The first-order valence-corrected chi connectivity index (χ1v) is 5.72. The van der Waals surface area contributed by atoms with Crippen LogP contribution < -0.4 is 5.32 Å². The summed E-state index contributed by atoms with van der Waals surface area (Å²) in [5, 5.41) is 22.9. The van der Waals surface area contributed by atoms with Crippen LogP contribution in [0.5, 0.6) is 0 Å². The molecule has 1 heterocycles. The lowest BCUT2D eigenvalue weighted by Gasteiger charge is -2.43. The molecule has 3 atom stereocenters. The van der Waals surface area contributed by atoms with Crippen LogP contribution in [-0.2, 0) is 4.79 Å². The van der Waals surface area contributed by atoms with E-state index in [1.807, 2.05) is 13.8 Å². The Morgan fingerprint density at radius 3 is 2.73 bits per heavy atom.